The number of aryl methyl sites for hydroxylation is 1. The zero-order chi connectivity index (χ0) is 21.8. The summed E-state index contributed by atoms with van der Waals surface area (Å²) in [5.41, 5.74) is 2.40. The topological polar surface area (TPSA) is 66.8 Å². The third-order valence-corrected chi connectivity index (χ3v) is 5.18. The van der Waals surface area contributed by atoms with Gasteiger partial charge in [0.25, 0.3) is 11.7 Å². The highest BCUT2D eigenvalue weighted by Crippen LogP contribution is 2.40. The Morgan fingerprint density at radius 2 is 1.87 bits per heavy atom. The second kappa shape index (κ2) is 9.16. The molecule has 1 amide bonds. The van der Waals surface area contributed by atoms with E-state index >= 15 is 0 Å². The molecular weight excluding hydrogens is 378 g/mol. The van der Waals surface area contributed by atoms with Crippen molar-refractivity contribution in [1.82, 2.24) is 4.90 Å². The Kier molecular flexibility index (Phi) is 6.60. The summed E-state index contributed by atoms with van der Waals surface area (Å²) in [5.74, 6) is -0.414. The molecule has 5 heteroatoms. The molecule has 0 radical (unpaired) electrons. The first-order valence-electron chi connectivity index (χ1n) is 10.4. The van der Waals surface area contributed by atoms with Crippen LogP contribution in [-0.2, 0) is 9.59 Å². The normalized spacial score (nSPS) is 18.3. The van der Waals surface area contributed by atoms with Gasteiger partial charge in [-0.2, -0.15) is 0 Å². The number of ether oxygens (including phenoxy) is 1. The summed E-state index contributed by atoms with van der Waals surface area (Å²) < 4.78 is 5.76. The summed E-state index contributed by atoms with van der Waals surface area (Å²) in [4.78, 5) is 27.3. The predicted molar refractivity (Wildman–Crippen MR) is 117 cm³/mol. The van der Waals surface area contributed by atoms with Gasteiger partial charge in [-0.25, -0.2) is 0 Å². The fraction of sp³-hybridized carbons (Fsp3) is 0.360. The van der Waals surface area contributed by atoms with Crippen molar-refractivity contribution < 1.29 is 19.4 Å². The monoisotopic (exact) mass is 407 g/mol. The maximum absolute atomic E-state index is 13.0. The number of carbonyl (C=O) groups excluding carboxylic acids is 2. The molecule has 158 valence electrons. The standard InChI is InChI=1S/C25H29NO4/c1-5-13-26-22(20-12-7-6-9-17(20)4)21(24(28)25(26)29)23(27)18-10-8-11-19(14-18)30-15-16(2)3/h6-12,14,16,22,27H,5,13,15H2,1-4H3/b23-21+. The van der Waals surface area contributed by atoms with Crippen LogP contribution in [0.25, 0.3) is 5.76 Å². The van der Waals surface area contributed by atoms with Gasteiger partial charge in [-0.15, -0.1) is 0 Å². The molecule has 0 aliphatic carbocycles. The number of amides is 1. The minimum atomic E-state index is -0.650. The van der Waals surface area contributed by atoms with Crippen LogP contribution in [0.3, 0.4) is 0 Å². The summed E-state index contributed by atoms with van der Waals surface area (Å²) in [6.07, 6.45) is 0.716. The number of aliphatic hydroxyl groups excluding tert-OH is 1. The van der Waals surface area contributed by atoms with E-state index < -0.39 is 17.7 Å². The molecule has 1 aliphatic rings. The molecule has 0 saturated carbocycles. The van der Waals surface area contributed by atoms with E-state index in [4.69, 9.17) is 4.74 Å². The average molecular weight is 408 g/mol. The molecule has 2 aromatic rings. The maximum Gasteiger partial charge on any atom is 0.295 e. The van der Waals surface area contributed by atoms with Gasteiger partial charge in [-0.05, 0) is 42.5 Å². The van der Waals surface area contributed by atoms with Crippen LogP contribution in [0.1, 0.15) is 49.9 Å². The molecule has 1 saturated heterocycles. The first-order chi connectivity index (χ1) is 14.3. The smallest absolute Gasteiger partial charge is 0.295 e. The number of ketones is 1. The number of likely N-dealkylation sites (tertiary alicyclic amines) is 1. The van der Waals surface area contributed by atoms with Crippen LogP contribution in [0.15, 0.2) is 54.1 Å². The lowest BCUT2D eigenvalue weighted by atomic mass is 9.92. The van der Waals surface area contributed by atoms with Crippen molar-refractivity contribution in [2.24, 2.45) is 5.92 Å². The Hall–Kier alpha value is -3.08. The van der Waals surface area contributed by atoms with Crippen molar-refractivity contribution in [3.63, 3.8) is 0 Å². The van der Waals surface area contributed by atoms with Gasteiger partial charge in [0.15, 0.2) is 0 Å². The van der Waals surface area contributed by atoms with Crippen molar-refractivity contribution in [3.8, 4) is 5.75 Å². The molecule has 0 bridgehead atoms. The van der Waals surface area contributed by atoms with Crippen molar-refractivity contribution in [3.05, 3.63) is 70.8 Å². The van der Waals surface area contributed by atoms with Crippen LogP contribution in [-0.4, -0.2) is 34.8 Å². The third-order valence-electron chi connectivity index (χ3n) is 5.18. The van der Waals surface area contributed by atoms with E-state index in [0.717, 1.165) is 11.1 Å². The maximum atomic E-state index is 13.0. The minimum absolute atomic E-state index is 0.128. The number of rotatable bonds is 7. The number of aliphatic hydroxyl groups is 1. The Bertz CT molecular complexity index is 977. The fourth-order valence-electron chi connectivity index (χ4n) is 3.72. The minimum Gasteiger partial charge on any atom is -0.507 e. The third kappa shape index (κ3) is 4.25. The van der Waals surface area contributed by atoms with Gasteiger partial charge in [-0.3, -0.25) is 9.59 Å². The van der Waals surface area contributed by atoms with Gasteiger partial charge in [0, 0.05) is 12.1 Å². The number of hydrogen-bond donors (Lipinski definition) is 1. The first-order valence-corrected chi connectivity index (χ1v) is 10.4. The summed E-state index contributed by atoms with van der Waals surface area (Å²) in [6.45, 7) is 9.01. The summed E-state index contributed by atoms with van der Waals surface area (Å²) in [7, 11) is 0. The van der Waals surface area contributed by atoms with E-state index in [-0.39, 0.29) is 11.3 Å². The number of benzene rings is 2. The summed E-state index contributed by atoms with van der Waals surface area (Å²) >= 11 is 0. The Labute approximate surface area is 178 Å². The Morgan fingerprint density at radius 3 is 2.53 bits per heavy atom. The summed E-state index contributed by atoms with van der Waals surface area (Å²) in [5, 5.41) is 11.1. The van der Waals surface area contributed by atoms with E-state index in [2.05, 4.69) is 13.8 Å². The van der Waals surface area contributed by atoms with Gasteiger partial charge in [0.05, 0.1) is 18.2 Å². The molecule has 30 heavy (non-hydrogen) atoms. The Balaban J connectivity index is 2.11. The van der Waals surface area contributed by atoms with Crippen molar-refractivity contribution in [2.75, 3.05) is 13.2 Å². The highest BCUT2D eigenvalue weighted by atomic mass is 16.5. The van der Waals surface area contributed by atoms with Gasteiger partial charge in [0.1, 0.15) is 11.5 Å². The highest BCUT2D eigenvalue weighted by Gasteiger charge is 2.46. The lowest BCUT2D eigenvalue weighted by molar-refractivity contribution is -0.139. The molecule has 1 unspecified atom stereocenters. The van der Waals surface area contributed by atoms with Crippen LogP contribution >= 0.6 is 0 Å². The van der Waals surface area contributed by atoms with Crippen LogP contribution in [0.5, 0.6) is 5.75 Å². The summed E-state index contributed by atoms with van der Waals surface area (Å²) in [6, 6.07) is 14.1. The molecule has 1 atom stereocenters. The van der Waals surface area contributed by atoms with Crippen molar-refractivity contribution in [1.29, 1.82) is 0 Å². The molecule has 3 rings (SSSR count). The molecule has 1 aliphatic heterocycles. The highest BCUT2D eigenvalue weighted by molar-refractivity contribution is 6.46. The van der Waals surface area contributed by atoms with Gasteiger partial charge < -0.3 is 14.7 Å². The number of nitrogens with zero attached hydrogens (tertiary/aromatic N) is 1. The van der Waals surface area contributed by atoms with Gasteiger partial charge in [0.2, 0.25) is 0 Å². The first kappa shape index (κ1) is 21.6. The molecule has 1 fully saturated rings. The number of hydrogen-bond acceptors (Lipinski definition) is 4. The zero-order valence-corrected chi connectivity index (χ0v) is 18.0. The van der Waals surface area contributed by atoms with Gasteiger partial charge in [-0.1, -0.05) is 57.2 Å². The average Bonchev–Trinajstić information content (AvgIpc) is 2.97. The van der Waals surface area contributed by atoms with Gasteiger partial charge >= 0.3 is 0 Å². The van der Waals surface area contributed by atoms with Crippen molar-refractivity contribution >= 4 is 17.4 Å². The molecule has 2 aromatic carbocycles. The largest absolute Gasteiger partial charge is 0.507 e. The lowest BCUT2D eigenvalue weighted by Gasteiger charge is -2.26. The molecule has 5 nitrogen and oxygen atoms in total. The fourth-order valence-corrected chi connectivity index (χ4v) is 3.72. The predicted octanol–water partition coefficient (Wildman–Crippen LogP) is 4.86. The quantitative estimate of drug-likeness (QED) is 0.404. The molecule has 0 spiro atoms. The number of carbonyl (C=O) groups is 2. The van der Waals surface area contributed by atoms with Crippen molar-refractivity contribution in [2.45, 2.75) is 40.2 Å². The van der Waals surface area contributed by atoms with Crippen LogP contribution in [0.4, 0.5) is 0 Å². The van der Waals surface area contributed by atoms with E-state index in [1.54, 1.807) is 23.1 Å². The van der Waals surface area contributed by atoms with E-state index in [1.807, 2.05) is 44.2 Å². The SMILES string of the molecule is CCCN1C(=O)C(=O)/C(=C(/O)c2cccc(OCC(C)C)c2)C1c1ccccc1C. The van der Waals surface area contributed by atoms with E-state index in [0.29, 0.717) is 36.8 Å². The molecule has 1 N–H and O–H groups in total. The van der Waals surface area contributed by atoms with Crippen LogP contribution < -0.4 is 4.74 Å². The van der Waals surface area contributed by atoms with Crippen LogP contribution in [0, 0.1) is 12.8 Å². The molecule has 0 aromatic heterocycles. The lowest BCUT2D eigenvalue weighted by Crippen LogP contribution is -2.30. The van der Waals surface area contributed by atoms with E-state index in [1.165, 1.54) is 0 Å². The second-order valence-corrected chi connectivity index (χ2v) is 8.08. The van der Waals surface area contributed by atoms with E-state index in [9.17, 15) is 14.7 Å². The Morgan fingerprint density at radius 1 is 1.13 bits per heavy atom. The second-order valence-electron chi connectivity index (χ2n) is 8.08. The van der Waals surface area contributed by atoms with Crippen LogP contribution in [0.2, 0.25) is 0 Å². The molecule has 1 heterocycles. The number of Topliss-reactive ketones (excluding diaryl/α,β-unsaturated/α-hetero) is 1. The molecular formula is C25H29NO4. The zero-order valence-electron chi connectivity index (χ0n) is 18.0.